The Hall–Kier alpha value is -3.59. The first-order valence-corrected chi connectivity index (χ1v) is 11.2. The van der Waals surface area contributed by atoms with Gasteiger partial charge in [-0.3, -0.25) is 5.32 Å². The summed E-state index contributed by atoms with van der Waals surface area (Å²) in [6.45, 7) is 7.05. The molecule has 33 heavy (non-hydrogen) atoms. The third-order valence-electron chi connectivity index (χ3n) is 5.21. The van der Waals surface area contributed by atoms with Crippen LogP contribution in [0.5, 0.6) is 0 Å². The summed E-state index contributed by atoms with van der Waals surface area (Å²) in [5, 5.41) is 6.56. The highest BCUT2D eigenvalue weighted by atomic mass is 32.1. The minimum absolute atomic E-state index is 0.263. The number of hydrogen-bond donors (Lipinski definition) is 2. The molecule has 0 amide bonds. The lowest BCUT2D eigenvalue weighted by Gasteiger charge is -2.37. The van der Waals surface area contributed by atoms with E-state index in [4.69, 9.17) is 12.2 Å². The number of rotatable bonds is 3. The highest BCUT2D eigenvalue weighted by molar-refractivity contribution is 7.80. The van der Waals surface area contributed by atoms with Gasteiger partial charge in [-0.2, -0.15) is 4.99 Å². The second-order valence-electron chi connectivity index (χ2n) is 7.78. The quantitative estimate of drug-likeness (QED) is 0.342. The first-order chi connectivity index (χ1) is 16.0. The van der Waals surface area contributed by atoms with E-state index < -0.39 is 0 Å². The highest BCUT2D eigenvalue weighted by Crippen LogP contribution is 2.17. The van der Waals surface area contributed by atoms with Crippen LogP contribution in [-0.2, 0) is 0 Å². The van der Waals surface area contributed by atoms with Crippen molar-refractivity contribution in [2.45, 2.75) is 13.8 Å². The van der Waals surface area contributed by atoms with Crippen LogP contribution in [0.2, 0.25) is 0 Å². The lowest BCUT2D eigenvalue weighted by molar-refractivity contribution is 0.385. The fraction of sp³-hybridized carbons (Fsp3) is 0.250. The number of piperazine rings is 1. The molecule has 0 saturated carbocycles. The first-order valence-electron chi connectivity index (χ1n) is 10.8. The number of aromatic nitrogens is 2. The SMILES string of the molecule is Cc1cc(C)nc(N/C(=N/C(=S)Nc2ccc(F)cc2)N2CCN(c3ccccc3)CC2)n1. The maximum Gasteiger partial charge on any atom is 0.229 e. The first kappa shape index (κ1) is 22.6. The molecule has 1 aliphatic rings. The lowest BCUT2D eigenvalue weighted by atomic mass is 10.2. The largest absolute Gasteiger partial charge is 0.368 e. The van der Waals surface area contributed by atoms with Gasteiger partial charge in [0.2, 0.25) is 17.0 Å². The third kappa shape index (κ3) is 6.23. The summed E-state index contributed by atoms with van der Waals surface area (Å²) in [4.78, 5) is 18.1. The Morgan fingerprint density at radius 2 is 1.55 bits per heavy atom. The van der Waals surface area contributed by atoms with Crippen molar-refractivity contribution in [2.24, 2.45) is 4.99 Å². The molecule has 0 radical (unpaired) electrons. The van der Waals surface area contributed by atoms with E-state index in [1.165, 1.54) is 17.8 Å². The Bertz CT molecular complexity index is 1110. The Balaban J connectivity index is 1.52. The molecule has 4 rings (SSSR count). The molecule has 7 nitrogen and oxygen atoms in total. The summed E-state index contributed by atoms with van der Waals surface area (Å²) in [5.74, 6) is 0.745. The van der Waals surface area contributed by atoms with Crippen molar-refractivity contribution < 1.29 is 4.39 Å². The standard InChI is InChI=1S/C24H26FN7S/c1-17-16-18(2)27-22(26-17)29-23(30-24(33)28-20-10-8-19(25)9-11-20)32-14-12-31(13-15-32)21-6-4-3-5-7-21/h3-11,16H,12-15H2,1-2H3,(H2,26,27,28,29,30,33). The molecule has 2 N–H and O–H groups in total. The number of thiocarbonyl (C=S) groups is 1. The summed E-state index contributed by atoms with van der Waals surface area (Å²) in [6, 6.07) is 18.3. The molecule has 0 spiro atoms. The molecule has 1 fully saturated rings. The number of aryl methyl sites for hydroxylation is 2. The number of para-hydroxylation sites is 1. The third-order valence-corrected chi connectivity index (χ3v) is 5.40. The molecular weight excluding hydrogens is 437 g/mol. The van der Waals surface area contributed by atoms with E-state index in [2.05, 4.69) is 47.5 Å². The van der Waals surface area contributed by atoms with Gasteiger partial charge in [-0.05, 0) is 68.5 Å². The zero-order valence-corrected chi connectivity index (χ0v) is 19.4. The molecule has 0 bridgehead atoms. The minimum atomic E-state index is -0.305. The van der Waals surface area contributed by atoms with E-state index >= 15 is 0 Å². The topological polar surface area (TPSA) is 68.7 Å². The van der Waals surface area contributed by atoms with Crippen LogP contribution in [0.25, 0.3) is 0 Å². The van der Waals surface area contributed by atoms with Crippen molar-refractivity contribution in [3.8, 4) is 0 Å². The Morgan fingerprint density at radius 1 is 0.909 bits per heavy atom. The van der Waals surface area contributed by atoms with Gasteiger partial charge in [0, 0.05) is 48.9 Å². The van der Waals surface area contributed by atoms with E-state index in [9.17, 15) is 4.39 Å². The van der Waals surface area contributed by atoms with E-state index in [0.29, 0.717) is 17.6 Å². The second-order valence-corrected chi connectivity index (χ2v) is 8.17. The van der Waals surface area contributed by atoms with Gasteiger partial charge in [0.05, 0.1) is 0 Å². The molecule has 9 heteroatoms. The average Bonchev–Trinajstić information content (AvgIpc) is 2.80. The van der Waals surface area contributed by atoms with Crippen LogP contribution in [0.15, 0.2) is 65.7 Å². The Morgan fingerprint density at radius 3 is 2.18 bits per heavy atom. The Kier molecular flexibility index (Phi) is 7.09. The maximum absolute atomic E-state index is 13.2. The number of nitrogens with one attached hydrogen (secondary N) is 2. The molecule has 0 aliphatic carbocycles. The summed E-state index contributed by atoms with van der Waals surface area (Å²) in [7, 11) is 0. The smallest absolute Gasteiger partial charge is 0.229 e. The fourth-order valence-electron chi connectivity index (χ4n) is 3.66. The molecule has 1 saturated heterocycles. The second kappa shape index (κ2) is 10.4. The number of aliphatic imine (C=N–C) groups is 1. The molecule has 1 aliphatic heterocycles. The molecule has 3 aromatic rings. The van der Waals surface area contributed by atoms with E-state index in [-0.39, 0.29) is 10.9 Å². The van der Waals surface area contributed by atoms with Gasteiger partial charge < -0.3 is 15.1 Å². The van der Waals surface area contributed by atoms with Crippen molar-refractivity contribution in [3.63, 3.8) is 0 Å². The maximum atomic E-state index is 13.2. The van der Waals surface area contributed by atoms with Crippen molar-refractivity contribution in [1.29, 1.82) is 0 Å². The van der Waals surface area contributed by atoms with Gasteiger partial charge in [0.1, 0.15) is 5.82 Å². The molecule has 0 atom stereocenters. The molecule has 2 aromatic carbocycles. The monoisotopic (exact) mass is 463 g/mol. The predicted molar refractivity (Wildman–Crippen MR) is 135 cm³/mol. The van der Waals surface area contributed by atoms with Crippen molar-refractivity contribution in [3.05, 3.63) is 77.9 Å². The number of hydrogen-bond acceptors (Lipinski definition) is 4. The van der Waals surface area contributed by atoms with Gasteiger partial charge in [-0.1, -0.05) is 18.2 Å². The van der Waals surface area contributed by atoms with Crippen molar-refractivity contribution >= 4 is 40.6 Å². The summed E-state index contributed by atoms with van der Waals surface area (Å²) in [6.07, 6.45) is 0. The number of nitrogens with zero attached hydrogens (tertiary/aromatic N) is 5. The molecule has 170 valence electrons. The minimum Gasteiger partial charge on any atom is -0.368 e. The summed E-state index contributed by atoms with van der Waals surface area (Å²) < 4.78 is 13.2. The van der Waals surface area contributed by atoms with Crippen LogP contribution >= 0.6 is 12.2 Å². The van der Waals surface area contributed by atoms with Crippen LogP contribution in [0.4, 0.5) is 21.7 Å². The van der Waals surface area contributed by atoms with E-state index in [1.54, 1.807) is 12.1 Å². The van der Waals surface area contributed by atoms with Gasteiger partial charge >= 0.3 is 0 Å². The molecule has 1 aromatic heterocycles. The van der Waals surface area contributed by atoms with Crippen LogP contribution in [0.3, 0.4) is 0 Å². The molecular formula is C24H26FN7S. The lowest BCUT2D eigenvalue weighted by Crippen LogP contribution is -2.51. The van der Waals surface area contributed by atoms with Crippen LogP contribution in [0, 0.1) is 19.7 Å². The number of halogens is 1. The summed E-state index contributed by atoms with van der Waals surface area (Å²) >= 11 is 5.47. The Labute approximate surface area is 198 Å². The van der Waals surface area contributed by atoms with Gasteiger partial charge in [-0.15, -0.1) is 0 Å². The van der Waals surface area contributed by atoms with Gasteiger partial charge in [-0.25, -0.2) is 14.4 Å². The number of benzene rings is 2. The van der Waals surface area contributed by atoms with E-state index in [1.807, 2.05) is 38.1 Å². The van der Waals surface area contributed by atoms with Crippen molar-refractivity contribution in [2.75, 3.05) is 41.7 Å². The van der Waals surface area contributed by atoms with Gasteiger partial charge in [0.25, 0.3) is 0 Å². The van der Waals surface area contributed by atoms with Crippen molar-refractivity contribution in [1.82, 2.24) is 14.9 Å². The van der Waals surface area contributed by atoms with Crippen LogP contribution in [0.1, 0.15) is 11.4 Å². The number of guanidine groups is 1. The molecule has 2 heterocycles. The zero-order chi connectivity index (χ0) is 23.2. The van der Waals surface area contributed by atoms with Gasteiger partial charge in [0.15, 0.2) is 0 Å². The highest BCUT2D eigenvalue weighted by Gasteiger charge is 2.21. The predicted octanol–water partition coefficient (Wildman–Crippen LogP) is 4.22. The summed E-state index contributed by atoms with van der Waals surface area (Å²) in [5.41, 5.74) is 3.60. The molecule has 0 unspecified atom stereocenters. The zero-order valence-electron chi connectivity index (χ0n) is 18.6. The van der Waals surface area contributed by atoms with Crippen LogP contribution < -0.4 is 15.5 Å². The van der Waals surface area contributed by atoms with Crippen LogP contribution in [-0.4, -0.2) is 52.1 Å². The average molecular weight is 464 g/mol. The van der Waals surface area contributed by atoms with E-state index in [0.717, 1.165) is 37.6 Å². The normalized spacial score (nSPS) is 14.2. The number of anilines is 3. The fourth-order valence-corrected chi connectivity index (χ4v) is 3.86.